The molecular formula is C37H49FN4O8. The Morgan fingerprint density at radius 3 is 1.52 bits per heavy atom. The number of hydrogen-bond acceptors (Lipinski definition) is 10. The van der Waals surface area contributed by atoms with Crippen molar-refractivity contribution in [2.24, 2.45) is 0 Å². The van der Waals surface area contributed by atoms with Gasteiger partial charge in [-0.1, -0.05) is 38.5 Å². The van der Waals surface area contributed by atoms with Gasteiger partial charge in [0.2, 0.25) is 0 Å². The lowest BCUT2D eigenvalue weighted by Gasteiger charge is -2.21. The van der Waals surface area contributed by atoms with Gasteiger partial charge >= 0.3 is 0 Å². The molecule has 2 heterocycles. The number of aromatic nitrogens is 4. The normalized spacial score (nSPS) is 15.5. The highest BCUT2D eigenvalue weighted by Crippen LogP contribution is 2.34. The zero-order valence-corrected chi connectivity index (χ0v) is 29.3. The minimum Gasteiger partial charge on any atom is -0.491 e. The van der Waals surface area contributed by atoms with Crippen molar-refractivity contribution in [2.75, 3.05) is 61.0 Å². The molecule has 13 heteroatoms. The van der Waals surface area contributed by atoms with Gasteiger partial charge in [-0.3, -0.25) is 9.59 Å². The first-order chi connectivity index (χ1) is 24.4. The molecule has 272 valence electrons. The smallest absolute Gasteiger partial charge is 0.262 e. The molecule has 2 aliphatic carbocycles. The van der Waals surface area contributed by atoms with Crippen LogP contribution in [0.4, 0.5) is 4.39 Å². The maximum Gasteiger partial charge on any atom is 0.262 e. The van der Waals surface area contributed by atoms with Gasteiger partial charge in [0.15, 0.2) is 0 Å². The highest BCUT2D eigenvalue weighted by Gasteiger charge is 2.22. The Balaban J connectivity index is 0.000000197. The molecule has 0 radical (unpaired) electrons. The summed E-state index contributed by atoms with van der Waals surface area (Å²) in [5.74, 6) is 2.81. The van der Waals surface area contributed by atoms with Gasteiger partial charge in [0.25, 0.3) is 11.1 Å². The van der Waals surface area contributed by atoms with Crippen LogP contribution in [-0.4, -0.2) is 80.9 Å². The Hall–Kier alpha value is -4.07. The van der Waals surface area contributed by atoms with Crippen LogP contribution in [0, 0.1) is 5.82 Å². The molecule has 2 N–H and O–H groups in total. The first-order valence-electron chi connectivity index (χ1n) is 17.6. The molecule has 2 aliphatic rings. The summed E-state index contributed by atoms with van der Waals surface area (Å²) in [5.41, 5.74) is 0.503. The number of hydrogen-bond donors (Lipinski definition) is 2. The molecule has 0 saturated heterocycles. The van der Waals surface area contributed by atoms with Crippen molar-refractivity contribution in [1.29, 1.82) is 0 Å². The van der Waals surface area contributed by atoms with Crippen molar-refractivity contribution in [3.63, 3.8) is 0 Å². The van der Waals surface area contributed by atoms with Crippen LogP contribution >= 0.6 is 0 Å². The summed E-state index contributed by atoms with van der Waals surface area (Å²) in [5, 5.41) is 0.742. The number of nitrogens with one attached hydrogen (secondary N) is 2. The van der Waals surface area contributed by atoms with Gasteiger partial charge in [0.1, 0.15) is 65.3 Å². The second-order valence-corrected chi connectivity index (χ2v) is 12.7. The van der Waals surface area contributed by atoms with Crippen LogP contribution in [-0.2, 0) is 14.2 Å². The number of ether oxygens (including phenoxy) is 6. The molecular weight excluding hydrogens is 647 g/mol. The minimum atomic E-state index is -0.461. The van der Waals surface area contributed by atoms with E-state index in [-0.39, 0.29) is 29.4 Å². The van der Waals surface area contributed by atoms with Crippen molar-refractivity contribution in [2.45, 2.75) is 76.0 Å². The maximum absolute atomic E-state index is 13.8. The Labute approximate surface area is 291 Å². The van der Waals surface area contributed by atoms with Gasteiger partial charge in [-0.15, -0.1) is 0 Å². The van der Waals surface area contributed by atoms with Crippen LogP contribution in [0.15, 0.2) is 33.9 Å². The van der Waals surface area contributed by atoms with E-state index >= 15 is 0 Å². The average molecular weight is 697 g/mol. The van der Waals surface area contributed by atoms with Crippen LogP contribution in [0.3, 0.4) is 0 Å². The van der Waals surface area contributed by atoms with E-state index in [2.05, 4.69) is 15.0 Å². The zero-order valence-electron chi connectivity index (χ0n) is 29.3. The summed E-state index contributed by atoms with van der Waals surface area (Å²) >= 11 is 0. The fraction of sp³-hybridized carbons (Fsp3) is 0.568. The number of aromatic amines is 2. The number of fused-ring (bicyclic) bond motifs is 2. The van der Waals surface area contributed by atoms with Crippen LogP contribution in [0.5, 0.6) is 17.2 Å². The van der Waals surface area contributed by atoms with E-state index in [0.717, 1.165) is 44.3 Å². The van der Waals surface area contributed by atoms with E-state index in [9.17, 15) is 14.0 Å². The van der Waals surface area contributed by atoms with Crippen molar-refractivity contribution in [3.8, 4) is 17.2 Å². The summed E-state index contributed by atoms with van der Waals surface area (Å²) < 4.78 is 45.8. The van der Waals surface area contributed by atoms with Gasteiger partial charge in [-0.25, -0.2) is 14.4 Å². The van der Waals surface area contributed by atoms with Crippen LogP contribution in [0.1, 0.15) is 87.7 Å². The third kappa shape index (κ3) is 9.79. The Kier molecular flexibility index (Phi) is 14.0. The van der Waals surface area contributed by atoms with E-state index in [1.54, 1.807) is 33.5 Å². The number of rotatable bonds is 14. The summed E-state index contributed by atoms with van der Waals surface area (Å²) in [6.07, 6.45) is 11.3. The number of nitrogens with zero attached hydrogens (tertiary/aromatic N) is 2. The fourth-order valence-corrected chi connectivity index (χ4v) is 6.61. The zero-order chi connectivity index (χ0) is 35.3. The molecule has 0 spiro atoms. The lowest BCUT2D eigenvalue weighted by Crippen LogP contribution is -2.18. The van der Waals surface area contributed by atoms with Crippen molar-refractivity contribution < 1.29 is 32.8 Å². The summed E-state index contributed by atoms with van der Waals surface area (Å²) in [6, 6.07) is 6.04. The first-order valence-corrected chi connectivity index (χ1v) is 17.6. The predicted molar refractivity (Wildman–Crippen MR) is 188 cm³/mol. The van der Waals surface area contributed by atoms with E-state index in [1.165, 1.54) is 37.8 Å². The third-order valence-electron chi connectivity index (χ3n) is 9.15. The lowest BCUT2D eigenvalue weighted by atomic mass is 9.88. The van der Waals surface area contributed by atoms with Crippen LogP contribution in [0.2, 0.25) is 0 Å². The minimum absolute atomic E-state index is 0.170. The van der Waals surface area contributed by atoms with Gasteiger partial charge in [0.05, 0.1) is 30.9 Å². The molecule has 0 bridgehead atoms. The highest BCUT2D eigenvalue weighted by molar-refractivity contribution is 5.86. The number of H-pyrrole nitrogens is 2. The molecule has 50 heavy (non-hydrogen) atoms. The van der Waals surface area contributed by atoms with E-state index in [1.807, 2.05) is 0 Å². The summed E-state index contributed by atoms with van der Waals surface area (Å²) in [4.78, 5) is 40.4. The number of halogens is 1. The van der Waals surface area contributed by atoms with Crippen molar-refractivity contribution in [3.05, 3.63) is 62.4 Å². The maximum atomic E-state index is 13.8. The van der Waals surface area contributed by atoms with Gasteiger partial charge < -0.3 is 38.4 Å². The lowest BCUT2D eigenvalue weighted by molar-refractivity contribution is 0.143. The fourth-order valence-electron chi connectivity index (χ4n) is 6.61. The predicted octanol–water partition coefficient (Wildman–Crippen LogP) is 6.16. The van der Waals surface area contributed by atoms with Crippen molar-refractivity contribution >= 4 is 21.8 Å². The molecule has 6 rings (SSSR count). The highest BCUT2D eigenvalue weighted by atomic mass is 19.1. The molecule has 2 saturated carbocycles. The quantitative estimate of drug-likeness (QED) is 0.147. The molecule has 0 unspecified atom stereocenters. The molecule has 0 aliphatic heterocycles. The summed E-state index contributed by atoms with van der Waals surface area (Å²) in [6.45, 7) is 2.28. The monoisotopic (exact) mass is 696 g/mol. The molecule has 0 amide bonds. The van der Waals surface area contributed by atoms with E-state index < -0.39 is 5.82 Å². The van der Waals surface area contributed by atoms with E-state index in [4.69, 9.17) is 33.4 Å². The molecule has 0 atom stereocenters. The van der Waals surface area contributed by atoms with Gasteiger partial charge in [-0.2, -0.15) is 0 Å². The molecule has 2 aromatic heterocycles. The first kappa shape index (κ1) is 37.2. The largest absolute Gasteiger partial charge is 0.491 e. The SMILES string of the molecule is COCCOc1cc(F)cc2nc(C3CCCCC3)[nH]c(=O)c12.COCCOc1cc(OCCOC)c2c(=O)[nH]c(C3CCCCC3)nc2c1. The van der Waals surface area contributed by atoms with Gasteiger partial charge in [-0.05, 0) is 25.7 Å². The Morgan fingerprint density at radius 1 is 0.600 bits per heavy atom. The Bertz CT molecular complexity index is 1800. The summed E-state index contributed by atoms with van der Waals surface area (Å²) in [7, 11) is 4.79. The standard InChI is InChI=1S/C20H28N2O5.C17H21FN2O3/c1-24-8-10-26-15-12-16-18(17(13-15)27-11-9-25-2)20(23)22-19(21-16)14-6-4-3-5-7-14;1-22-7-8-23-14-10-12(18)9-13-15(14)17(21)20-16(19-13)11-5-3-2-4-6-11/h12-14H,3-11H2,1-2H3,(H,21,22,23);9-11H,2-8H2,1H3,(H,19,20,21). The van der Waals surface area contributed by atoms with Crippen LogP contribution < -0.4 is 25.3 Å². The molecule has 4 aromatic rings. The average Bonchev–Trinajstić information content (AvgIpc) is 3.12. The molecule has 2 aromatic carbocycles. The van der Waals surface area contributed by atoms with Crippen molar-refractivity contribution in [1.82, 2.24) is 19.9 Å². The topological polar surface area (TPSA) is 147 Å². The van der Waals surface area contributed by atoms with E-state index in [0.29, 0.717) is 78.1 Å². The number of methoxy groups -OCH3 is 3. The second kappa shape index (κ2) is 18.8. The number of benzene rings is 2. The second-order valence-electron chi connectivity index (χ2n) is 12.7. The molecule has 2 fully saturated rings. The Morgan fingerprint density at radius 2 is 1.04 bits per heavy atom. The van der Waals surface area contributed by atoms with Gasteiger partial charge in [0, 0.05) is 57.4 Å². The third-order valence-corrected chi connectivity index (χ3v) is 9.15. The molecule has 12 nitrogen and oxygen atoms in total. The van der Waals surface area contributed by atoms with Crippen LogP contribution in [0.25, 0.3) is 21.8 Å².